The predicted molar refractivity (Wildman–Crippen MR) is 209 cm³/mol. The number of aliphatic imine (C=N–C) groups is 1. The highest BCUT2D eigenvalue weighted by Gasteiger charge is 2.31. The maximum atomic E-state index is 14.0. The molecule has 4 atom stereocenters. The smallest absolute Gasteiger partial charge is 0.243 e. The summed E-state index contributed by atoms with van der Waals surface area (Å²) in [5.41, 5.74) is 19.3. The number of guanidine groups is 1. The minimum absolute atomic E-state index is 0.0369. The molecule has 0 aromatic rings. The van der Waals surface area contributed by atoms with Crippen LogP contribution in [0, 0.1) is 0 Å². The van der Waals surface area contributed by atoms with Crippen LogP contribution in [0.5, 0.6) is 0 Å². The second-order valence-electron chi connectivity index (χ2n) is 11.6. The van der Waals surface area contributed by atoms with Gasteiger partial charge in [-0.05, 0) is 57.6 Å². The lowest BCUT2D eigenvalue weighted by molar-refractivity contribution is -0.133. The molecule has 0 saturated heterocycles. The van der Waals surface area contributed by atoms with Crippen molar-refractivity contribution in [2.45, 2.75) is 110 Å². The van der Waals surface area contributed by atoms with E-state index in [2.05, 4.69) is 44.7 Å². The van der Waals surface area contributed by atoms with Crippen molar-refractivity contribution in [3.05, 3.63) is 48.9 Å². The van der Waals surface area contributed by atoms with Crippen molar-refractivity contribution < 1.29 is 19.2 Å². The average molecular weight is 721 g/mol. The normalized spacial score (nSPS) is 13.6. The Kier molecular flexibility index (Phi) is 27.6. The van der Waals surface area contributed by atoms with Crippen LogP contribution in [0.3, 0.4) is 0 Å². The van der Waals surface area contributed by atoms with Gasteiger partial charge in [-0.1, -0.05) is 71.3 Å². The van der Waals surface area contributed by atoms with Crippen LogP contribution in [-0.4, -0.2) is 97.2 Å². The lowest BCUT2D eigenvalue weighted by Crippen LogP contribution is -2.58. The van der Waals surface area contributed by atoms with Crippen LogP contribution in [0.15, 0.2) is 53.8 Å². The van der Waals surface area contributed by atoms with Gasteiger partial charge in [-0.25, -0.2) is 0 Å². The largest absolute Gasteiger partial charge is 0.393 e. The molecule has 0 aromatic heterocycles. The van der Waals surface area contributed by atoms with E-state index in [4.69, 9.17) is 29.4 Å². The summed E-state index contributed by atoms with van der Waals surface area (Å²) in [5, 5.41) is 14.7. The number of amides is 3. The van der Waals surface area contributed by atoms with Gasteiger partial charge in [0.05, 0.1) is 17.6 Å². The Morgan fingerprint density at radius 2 is 1.44 bits per heavy atom. The minimum atomic E-state index is -1.10. The van der Waals surface area contributed by atoms with Gasteiger partial charge in [0.2, 0.25) is 17.7 Å². The van der Waals surface area contributed by atoms with E-state index >= 15 is 0 Å². The van der Waals surface area contributed by atoms with E-state index in [9.17, 15) is 19.2 Å². The molecule has 15 heteroatoms. The molecular formula is C35H64N10O4S. The molecule has 14 nitrogen and oxygen atoms in total. The van der Waals surface area contributed by atoms with Crippen molar-refractivity contribution >= 4 is 47.2 Å². The number of hydrogen-bond acceptors (Lipinski definition) is 9. The van der Waals surface area contributed by atoms with Crippen molar-refractivity contribution in [3.8, 4) is 0 Å². The monoisotopic (exact) mass is 720 g/mol. The molecule has 284 valence electrons. The number of carbonyl (C=O) groups excluding carboxylic acids is 4. The molecule has 0 fully saturated rings. The summed E-state index contributed by atoms with van der Waals surface area (Å²) in [5.74, 6) is -1.82. The van der Waals surface area contributed by atoms with Gasteiger partial charge in [-0.2, -0.15) is 0 Å². The van der Waals surface area contributed by atoms with Crippen molar-refractivity contribution in [1.82, 2.24) is 31.5 Å². The molecule has 0 heterocycles. The molecule has 0 saturated carbocycles. The number of nitrogens with one attached hydrogen (secondary N) is 5. The number of thiocarbonyl (C=S) groups is 1. The summed E-state index contributed by atoms with van der Waals surface area (Å²) in [7, 11) is 3.43. The van der Waals surface area contributed by atoms with E-state index in [1.165, 1.54) is 12.4 Å². The molecule has 0 radical (unpaired) electrons. The number of Topliss-reactive ketones (excluding diaryl/α,β-unsaturated/α-hetero) is 1. The maximum Gasteiger partial charge on any atom is 0.243 e. The molecule has 0 rings (SSSR count). The van der Waals surface area contributed by atoms with Crippen molar-refractivity contribution in [2.75, 3.05) is 27.2 Å². The Hall–Kier alpha value is -4.08. The standard InChI is InChI=1S/C33H58N10O4S.C2H6/c1-8-13-24(9-2)18-28(23(5)44)41-31(46)27(14-10-11-16-34)40-32(47)29(19-25(20-37-6)43(7)21-48)42-30(45)26(39-22(3)4)15-12-17-38-33(35)36;1-2/h8-9,13,20-22,26-29,37,39H,1-2,10-12,14-19,34H2,3-7H3,(H,40,47)(H,41,46)(H,42,45)(H4,35,36,38);1-2H3/b24-13+,25-20-;. The fourth-order valence-electron chi connectivity index (χ4n) is 4.63. The minimum Gasteiger partial charge on any atom is -0.393 e. The highest BCUT2D eigenvalue weighted by Crippen LogP contribution is 2.13. The van der Waals surface area contributed by atoms with E-state index in [0.717, 1.165) is 0 Å². The van der Waals surface area contributed by atoms with E-state index in [1.807, 2.05) is 27.7 Å². The van der Waals surface area contributed by atoms with Gasteiger partial charge in [-0.3, -0.25) is 24.2 Å². The van der Waals surface area contributed by atoms with Gasteiger partial charge < -0.3 is 48.7 Å². The first-order valence-corrected chi connectivity index (χ1v) is 17.6. The Labute approximate surface area is 305 Å². The first kappa shape index (κ1) is 48.0. The number of unbranched alkanes of at least 4 members (excludes halogenated alkanes) is 1. The number of allylic oxidation sites excluding steroid dienone is 3. The van der Waals surface area contributed by atoms with Gasteiger partial charge in [0.1, 0.15) is 12.1 Å². The third kappa shape index (κ3) is 21.1. The zero-order chi connectivity index (χ0) is 38.6. The quantitative estimate of drug-likeness (QED) is 0.0211. The van der Waals surface area contributed by atoms with Crippen LogP contribution in [0.1, 0.15) is 79.6 Å². The zero-order valence-corrected chi connectivity index (χ0v) is 32.0. The van der Waals surface area contributed by atoms with Crippen LogP contribution in [0.25, 0.3) is 0 Å². The van der Waals surface area contributed by atoms with Gasteiger partial charge in [0.15, 0.2) is 11.7 Å². The molecule has 0 aliphatic carbocycles. The molecule has 4 unspecified atom stereocenters. The van der Waals surface area contributed by atoms with E-state index in [-0.39, 0.29) is 37.0 Å². The third-order valence-corrected chi connectivity index (χ3v) is 7.50. The first-order valence-electron chi connectivity index (χ1n) is 17.2. The highest BCUT2D eigenvalue weighted by atomic mass is 32.1. The van der Waals surface area contributed by atoms with Gasteiger partial charge in [0, 0.05) is 45.0 Å². The van der Waals surface area contributed by atoms with Crippen LogP contribution in [-0.2, 0) is 19.2 Å². The number of nitrogens with two attached hydrogens (primary N) is 3. The topological polar surface area (TPSA) is 222 Å². The summed E-state index contributed by atoms with van der Waals surface area (Å²) in [4.78, 5) is 59.4. The predicted octanol–water partition coefficient (Wildman–Crippen LogP) is 1.63. The summed E-state index contributed by atoms with van der Waals surface area (Å²) in [6.45, 7) is 17.4. The third-order valence-electron chi connectivity index (χ3n) is 7.19. The molecule has 3 amide bonds. The van der Waals surface area contributed by atoms with Crippen molar-refractivity contribution in [2.24, 2.45) is 22.2 Å². The number of nitrogens with zero attached hydrogens (tertiary/aromatic N) is 2. The van der Waals surface area contributed by atoms with Gasteiger partial charge >= 0.3 is 0 Å². The van der Waals surface area contributed by atoms with Crippen LogP contribution < -0.4 is 43.8 Å². The Balaban J connectivity index is 0. The molecule has 0 bridgehead atoms. The molecule has 0 aromatic carbocycles. The van der Waals surface area contributed by atoms with E-state index in [0.29, 0.717) is 50.0 Å². The summed E-state index contributed by atoms with van der Waals surface area (Å²) < 4.78 is 0. The average Bonchev–Trinajstić information content (AvgIpc) is 3.07. The van der Waals surface area contributed by atoms with Crippen LogP contribution in [0.2, 0.25) is 0 Å². The van der Waals surface area contributed by atoms with Crippen LogP contribution >= 0.6 is 12.2 Å². The van der Waals surface area contributed by atoms with Crippen LogP contribution in [0.4, 0.5) is 0 Å². The molecule has 0 aliphatic rings. The van der Waals surface area contributed by atoms with Crippen molar-refractivity contribution in [1.29, 1.82) is 0 Å². The second-order valence-corrected chi connectivity index (χ2v) is 11.8. The number of ketones is 1. The van der Waals surface area contributed by atoms with Gasteiger partial charge in [-0.15, -0.1) is 0 Å². The second kappa shape index (κ2) is 28.7. The number of rotatable bonds is 26. The van der Waals surface area contributed by atoms with E-state index in [1.54, 1.807) is 43.4 Å². The summed E-state index contributed by atoms with van der Waals surface area (Å²) >= 11 is 5.12. The molecule has 11 N–H and O–H groups in total. The summed E-state index contributed by atoms with van der Waals surface area (Å²) in [6, 6.07) is -3.65. The SMILES string of the molecule is C=C/C=C(\C=C)CC(NC(=O)C(CCCCN)NC(=O)C(C/C(=C/NC)N(C)C=S)NC(=O)C(CCCN=C(N)N)NC(C)C)C(C)=O.CC. The molecular weight excluding hydrogens is 657 g/mol. The molecule has 0 spiro atoms. The first-order chi connectivity index (χ1) is 23.7. The molecule has 0 aliphatic heterocycles. The molecule has 50 heavy (non-hydrogen) atoms. The Morgan fingerprint density at radius 1 is 0.880 bits per heavy atom. The fourth-order valence-corrected chi connectivity index (χ4v) is 4.77. The zero-order valence-electron chi connectivity index (χ0n) is 31.2. The highest BCUT2D eigenvalue weighted by molar-refractivity contribution is 7.78. The fraction of sp³-hybridized carbons (Fsp3) is 0.600. The Bertz CT molecular complexity index is 1170. The number of carbonyl (C=O) groups is 4. The Morgan fingerprint density at radius 3 is 1.94 bits per heavy atom. The van der Waals surface area contributed by atoms with Crippen molar-refractivity contribution in [3.63, 3.8) is 0 Å². The number of hydrogen-bond donors (Lipinski definition) is 8. The van der Waals surface area contributed by atoms with E-state index < -0.39 is 41.9 Å². The maximum absolute atomic E-state index is 14.0. The van der Waals surface area contributed by atoms with Gasteiger partial charge in [0.25, 0.3) is 0 Å². The lowest BCUT2D eigenvalue weighted by atomic mass is 10.0. The lowest BCUT2D eigenvalue weighted by Gasteiger charge is -2.28. The summed E-state index contributed by atoms with van der Waals surface area (Å²) in [6.07, 6.45) is 9.13.